The van der Waals surface area contributed by atoms with Crippen molar-refractivity contribution in [2.45, 2.75) is 47.1 Å². The molecule has 0 aliphatic carbocycles. The molecule has 1 saturated heterocycles. The van der Waals surface area contributed by atoms with E-state index in [1.165, 1.54) is 13.8 Å². The van der Waals surface area contributed by atoms with Crippen molar-refractivity contribution < 1.29 is 13.2 Å². The molecular weight excluding hydrogens is 436 g/mol. The van der Waals surface area contributed by atoms with Gasteiger partial charge in [-0.05, 0) is 19.3 Å². The Hall–Kier alpha value is -2.18. The van der Waals surface area contributed by atoms with Crippen LogP contribution in [0.25, 0.3) is 0 Å². The number of hydrogen-bond acceptors (Lipinski definition) is 7. The second-order valence-corrected chi connectivity index (χ2v) is 10.7. The Morgan fingerprint density at radius 1 is 1.16 bits per heavy atom. The minimum atomic E-state index is -3.26. The normalized spacial score (nSPS) is 15.9. The molecule has 1 aromatic rings. The standard InChI is InChI=1S/C20H36N6O5S/c1-5-7-8-25(17-18(21)26(13-15(3)4)20(29)22-19(17)28)16(27)14-23-9-11-24(12-10-23)32(30,31)6-2/h15H,5-14,21H2,1-4H3,(H,22,28,29). The molecule has 1 aliphatic rings. The quantitative estimate of drug-likeness (QED) is 0.483. The van der Waals surface area contributed by atoms with Gasteiger partial charge in [-0.3, -0.25) is 24.0 Å². The maximum absolute atomic E-state index is 13.2. The molecule has 0 aromatic carbocycles. The van der Waals surface area contributed by atoms with Gasteiger partial charge in [-0.25, -0.2) is 13.2 Å². The smallest absolute Gasteiger partial charge is 0.330 e. The Balaban J connectivity index is 2.27. The Labute approximate surface area is 189 Å². The SMILES string of the molecule is CCCCN(C(=O)CN1CCN(S(=O)(=O)CC)CC1)c1c(N)n(CC(C)C)c(=O)[nH]c1=O. The van der Waals surface area contributed by atoms with Gasteiger partial charge in [0.1, 0.15) is 5.82 Å². The number of sulfonamides is 1. The first kappa shape index (κ1) is 26.1. The van der Waals surface area contributed by atoms with Crippen LogP contribution in [0.2, 0.25) is 0 Å². The lowest BCUT2D eigenvalue weighted by Gasteiger charge is -2.34. The Bertz CT molecular complexity index is 1010. The van der Waals surface area contributed by atoms with E-state index in [2.05, 4.69) is 4.98 Å². The summed E-state index contributed by atoms with van der Waals surface area (Å²) in [5.74, 6) is -0.164. The molecule has 1 aliphatic heterocycles. The molecule has 2 heterocycles. The number of hydrogen-bond donors (Lipinski definition) is 2. The molecule has 32 heavy (non-hydrogen) atoms. The number of amides is 1. The van der Waals surface area contributed by atoms with E-state index >= 15 is 0 Å². The van der Waals surface area contributed by atoms with Crippen molar-refractivity contribution >= 4 is 27.4 Å². The number of carbonyl (C=O) groups is 1. The van der Waals surface area contributed by atoms with Crippen LogP contribution in [0, 0.1) is 5.92 Å². The van der Waals surface area contributed by atoms with E-state index in [1.807, 2.05) is 25.7 Å². The summed E-state index contributed by atoms with van der Waals surface area (Å²) in [7, 11) is -3.26. The number of aromatic amines is 1. The van der Waals surface area contributed by atoms with E-state index in [1.54, 1.807) is 6.92 Å². The lowest BCUT2D eigenvalue weighted by molar-refractivity contribution is -0.120. The summed E-state index contributed by atoms with van der Waals surface area (Å²) in [6, 6.07) is 0. The van der Waals surface area contributed by atoms with Gasteiger partial charge in [0.15, 0.2) is 5.69 Å². The van der Waals surface area contributed by atoms with Gasteiger partial charge >= 0.3 is 5.69 Å². The number of piperazine rings is 1. The van der Waals surface area contributed by atoms with E-state index in [-0.39, 0.29) is 35.6 Å². The molecule has 0 spiro atoms. The van der Waals surface area contributed by atoms with Gasteiger partial charge in [0, 0.05) is 39.3 Å². The van der Waals surface area contributed by atoms with Crippen molar-refractivity contribution in [1.82, 2.24) is 18.8 Å². The number of nitrogen functional groups attached to an aromatic ring is 1. The highest BCUT2D eigenvalue weighted by Gasteiger charge is 2.29. The van der Waals surface area contributed by atoms with Gasteiger partial charge in [-0.2, -0.15) is 4.31 Å². The Morgan fingerprint density at radius 3 is 2.31 bits per heavy atom. The Kier molecular flexibility index (Phi) is 9.05. The number of aromatic nitrogens is 2. The van der Waals surface area contributed by atoms with Crippen molar-refractivity contribution in [2.75, 3.05) is 55.7 Å². The molecule has 12 heteroatoms. The summed E-state index contributed by atoms with van der Waals surface area (Å²) in [5, 5.41) is 0. The highest BCUT2D eigenvalue weighted by Crippen LogP contribution is 2.19. The fourth-order valence-corrected chi connectivity index (χ4v) is 4.77. The highest BCUT2D eigenvalue weighted by atomic mass is 32.2. The third-order valence-corrected chi connectivity index (χ3v) is 7.40. The first-order chi connectivity index (χ1) is 15.0. The van der Waals surface area contributed by atoms with Crippen molar-refractivity contribution in [1.29, 1.82) is 0 Å². The van der Waals surface area contributed by atoms with Crippen LogP contribution in [-0.2, 0) is 21.4 Å². The summed E-state index contributed by atoms with van der Waals surface area (Å²) in [5.41, 5.74) is 4.94. The zero-order valence-electron chi connectivity index (χ0n) is 19.5. The molecule has 0 unspecified atom stereocenters. The van der Waals surface area contributed by atoms with Gasteiger partial charge in [-0.15, -0.1) is 0 Å². The van der Waals surface area contributed by atoms with E-state index < -0.39 is 21.3 Å². The van der Waals surface area contributed by atoms with Crippen LogP contribution in [0.5, 0.6) is 0 Å². The zero-order valence-corrected chi connectivity index (χ0v) is 20.3. The Morgan fingerprint density at radius 2 is 1.78 bits per heavy atom. The average molecular weight is 473 g/mol. The maximum Gasteiger partial charge on any atom is 0.330 e. The van der Waals surface area contributed by atoms with Crippen molar-refractivity contribution in [3.8, 4) is 0 Å². The molecule has 1 fully saturated rings. The van der Waals surface area contributed by atoms with Crippen molar-refractivity contribution in [3.63, 3.8) is 0 Å². The number of unbranched alkanes of at least 4 members (excludes halogenated alkanes) is 1. The number of nitrogens with zero attached hydrogens (tertiary/aromatic N) is 4. The largest absolute Gasteiger partial charge is 0.383 e. The second kappa shape index (κ2) is 11.1. The number of anilines is 2. The molecule has 2 rings (SSSR count). The minimum Gasteiger partial charge on any atom is -0.383 e. The lowest BCUT2D eigenvalue weighted by Crippen LogP contribution is -2.52. The molecule has 0 bridgehead atoms. The third kappa shape index (κ3) is 6.20. The molecule has 1 amide bonds. The third-order valence-electron chi connectivity index (χ3n) is 5.52. The van der Waals surface area contributed by atoms with Crippen molar-refractivity contribution in [3.05, 3.63) is 20.8 Å². The van der Waals surface area contributed by atoms with Crippen LogP contribution in [0.15, 0.2) is 9.59 Å². The van der Waals surface area contributed by atoms with Crippen LogP contribution < -0.4 is 21.9 Å². The van der Waals surface area contributed by atoms with Crippen LogP contribution >= 0.6 is 0 Å². The van der Waals surface area contributed by atoms with Gasteiger partial charge < -0.3 is 10.6 Å². The van der Waals surface area contributed by atoms with Crippen LogP contribution in [0.4, 0.5) is 11.5 Å². The molecular formula is C20H36N6O5S. The van der Waals surface area contributed by atoms with Crippen LogP contribution in [0.1, 0.15) is 40.5 Å². The molecule has 0 saturated carbocycles. The molecule has 1 aromatic heterocycles. The predicted molar refractivity (Wildman–Crippen MR) is 125 cm³/mol. The average Bonchev–Trinajstić information content (AvgIpc) is 2.73. The van der Waals surface area contributed by atoms with Crippen LogP contribution in [0.3, 0.4) is 0 Å². The topological polar surface area (TPSA) is 142 Å². The molecule has 3 N–H and O–H groups in total. The first-order valence-electron chi connectivity index (χ1n) is 11.1. The number of nitrogens with one attached hydrogen (secondary N) is 1. The van der Waals surface area contributed by atoms with E-state index in [4.69, 9.17) is 5.73 Å². The monoisotopic (exact) mass is 472 g/mol. The number of carbonyl (C=O) groups excluding carboxylic acids is 1. The zero-order chi connectivity index (χ0) is 24.1. The van der Waals surface area contributed by atoms with Gasteiger partial charge in [-0.1, -0.05) is 27.2 Å². The summed E-state index contributed by atoms with van der Waals surface area (Å²) in [4.78, 5) is 43.7. The number of rotatable bonds is 10. The van der Waals surface area contributed by atoms with Gasteiger partial charge in [0.25, 0.3) is 5.56 Å². The van der Waals surface area contributed by atoms with E-state index in [0.717, 1.165) is 6.42 Å². The summed E-state index contributed by atoms with van der Waals surface area (Å²) >= 11 is 0. The molecule has 0 atom stereocenters. The second-order valence-electron chi connectivity index (χ2n) is 8.47. The van der Waals surface area contributed by atoms with Crippen molar-refractivity contribution in [2.24, 2.45) is 5.92 Å². The maximum atomic E-state index is 13.2. The lowest BCUT2D eigenvalue weighted by atomic mass is 10.2. The summed E-state index contributed by atoms with van der Waals surface area (Å²) in [6.45, 7) is 9.57. The first-order valence-corrected chi connectivity index (χ1v) is 12.8. The summed E-state index contributed by atoms with van der Waals surface area (Å²) < 4.78 is 26.8. The number of nitrogens with two attached hydrogens (primary N) is 1. The van der Waals surface area contributed by atoms with Gasteiger partial charge in [0.2, 0.25) is 15.9 Å². The van der Waals surface area contributed by atoms with E-state index in [9.17, 15) is 22.8 Å². The molecule has 0 radical (unpaired) electrons. The molecule has 182 valence electrons. The molecule has 11 nitrogen and oxygen atoms in total. The fraction of sp³-hybridized carbons (Fsp3) is 0.750. The predicted octanol–water partition coefficient (Wildman–Crippen LogP) is -0.125. The minimum absolute atomic E-state index is 0.00380. The highest BCUT2D eigenvalue weighted by molar-refractivity contribution is 7.89. The number of H-pyrrole nitrogens is 1. The van der Waals surface area contributed by atoms with E-state index in [0.29, 0.717) is 45.7 Å². The summed E-state index contributed by atoms with van der Waals surface area (Å²) in [6.07, 6.45) is 1.47. The van der Waals surface area contributed by atoms with Crippen LogP contribution in [-0.4, -0.2) is 78.1 Å². The van der Waals surface area contributed by atoms with Gasteiger partial charge in [0.05, 0.1) is 12.3 Å². The fourth-order valence-electron chi connectivity index (χ4n) is 3.69.